The molecule has 22 heterocycles. The number of aromatic nitrogens is 18. The number of hydrogen-bond donors (Lipinski definition) is 1. The van der Waals surface area contributed by atoms with Gasteiger partial charge in [0.1, 0.15) is 39.7 Å². The van der Waals surface area contributed by atoms with Crippen LogP contribution in [0.5, 0.6) is 0 Å². The van der Waals surface area contributed by atoms with Gasteiger partial charge in [0.15, 0.2) is 0 Å². The number of thiazole rings is 1. The molecule has 664 valence electrons. The molecular formula is C98H112N26O4S. The highest BCUT2D eigenvalue weighted by Gasteiger charge is 2.31. The third-order valence-corrected chi connectivity index (χ3v) is 28.3. The van der Waals surface area contributed by atoms with Gasteiger partial charge >= 0.3 is 0 Å². The largest absolute Gasteiger partial charge is 0.370 e. The summed E-state index contributed by atoms with van der Waals surface area (Å²) < 4.78 is 13.2. The van der Waals surface area contributed by atoms with E-state index < -0.39 is 0 Å². The summed E-state index contributed by atoms with van der Waals surface area (Å²) in [6, 6.07) is 36.5. The minimum absolute atomic E-state index is 0.0358. The van der Waals surface area contributed by atoms with E-state index in [-0.39, 0.29) is 22.2 Å². The highest BCUT2D eigenvalue weighted by Crippen LogP contribution is 2.34. The molecule has 7 saturated heterocycles. The van der Waals surface area contributed by atoms with Crippen molar-refractivity contribution in [2.75, 3.05) is 126 Å². The Balaban J connectivity index is 0.000000108. The summed E-state index contributed by atoms with van der Waals surface area (Å²) in [5, 5.41) is 18.4. The Hall–Kier alpha value is -12.4. The molecule has 16 aromatic rings. The Labute approximate surface area is 751 Å². The van der Waals surface area contributed by atoms with Crippen LogP contribution in [0.4, 0.5) is 17.1 Å². The van der Waals surface area contributed by atoms with Crippen molar-refractivity contribution in [3.8, 4) is 45.4 Å². The number of benzene rings is 1. The molecular weight excluding hydrogens is 1640 g/mol. The van der Waals surface area contributed by atoms with Gasteiger partial charge in [-0.15, -0.1) is 11.3 Å². The predicted octanol–water partition coefficient (Wildman–Crippen LogP) is 12.5. The first kappa shape index (κ1) is 84.8. The van der Waals surface area contributed by atoms with Crippen LogP contribution in [0.15, 0.2) is 172 Å². The van der Waals surface area contributed by atoms with Crippen molar-refractivity contribution in [2.24, 2.45) is 0 Å². The number of piperazine rings is 1. The summed E-state index contributed by atoms with van der Waals surface area (Å²) in [6.07, 6.45) is 29.5. The standard InChI is InChI=1S/C26H32N8O.C26H31N7O.C25H29N7O.C21H20N4OS/c1-18-16-34-24(19(2)27-18)14-23(29-34)22-15-26(35)33-17-21(4-5-25(33)28-22)31-8-6-20(7-9-31)32-12-10-30(3)11-13-32;1-18-16-33-24(19(2)27-18)14-23(29-33)22-15-26(34)32-17-21(6-7-25(32)28-22)31-12-8-20(9-13-31)30-10-4-3-5-11-30;1-17-15-32-23(18(2)26-17)13-22(28-32)21-14-25(33)31-16-20(5-6-24(31)27-21)30-11-7-19(8-12-30)29-9-3-4-10-29;1-13-23-17-4-2-15(10-19(17)27-13)18-11-21(26)25-12-16(3-5-20(25)24-18)14-6-8-22-9-7-14/h4-5,14-17,20H,6-13H2,1-3H3;6-7,14-17,20H,3-5,8-13H2,1-2H3;5-6,13-16,19H,3-4,7-12H2,1-2H3;2-5,10-12,14,22H,6-9H2,1H3. The Morgan fingerprint density at radius 1 is 0.333 bits per heavy atom. The summed E-state index contributed by atoms with van der Waals surface area (Å²) in [5.74, 6) is 0.513. The summed E-state index contributed by atoms with van der Waals surface area (Å²) >= 11 is 1.66. The zero-order valence-electron chi connectivity index (χ0n) is 75.0. The number of nitrogens with one attached hydrogen (secondary N) is 1. The summed E-state index contributed by atoms with van der Waals surface area (Å²) in [6.45, 7) is 31.6. The van der Waals surface area contributed by atoms with Crippen molar-refractivity contribution < 1.29 is 0 Å². The van der Waals surface area contributed by atoms with Crippen molar-refractivity contribution in [1.82, 2.24) is 111 Å². The SMILES string of the molecule is Cc1cn2nc(-c3cc(=O)n4cc(N5CCC(N6CCCC6)CC5)ccc4n3)cc2c(C)n1.Cc1cn2nc(-c3cc(=O)n4cc(N5CCC(N6CCCCC6)CC5)ccc4n3)cc2c(C)n1.Cc1cn2nc(-c3cc(=O)n4cc(N5CCC(N6CCN(C)CC6)CC5)ccc4n3)cc2c(C)n1.Cc1nc2ccc(-c3cc(=O)n4cc(C5CCNCC5)ccc4n3)cc2s1. The van der Waals surface area contributed by atoms with Gasteiger partial charge in [0.25, 0.3) is 22.2 Å². The lowest BCUT2D eigenvalue weighted by Crippen LogP contribution is -2.52. The highest BCUT2D eigenvalue weighted by molar-refractivity contribution is 7.18. The van der Waals surface area contributed by atoms with Crippen molar-refractivity contribution in [2.45, 2.75) is 156 Å². The van der Waals surface area contributed by atoms with Gasteiger partial charge in [0, 0.05) is 138 Å². The second-order valence-corrected chi connectivity index (χ2v) is 37.4. The molecule has 0 bridgehead atoms. The molecule has 7 fully saturated rings. The van der Waals surface area contributed by atoms with E-state index in [9.17, 15) is 19.2 Å². The quantitative estimate of drug-likeness (QED) is 0.126. The average molecular weight is 1750 g/mol. The van der Waals surface area contributed by atoms with Crippen LogP contribution in [-0.2, 0) is 0 Å². The molecule has 0 aliphatic carbocycles. The summed E-state index contributed by atoms with van der Waals surface area (Å²) in [5.41, 5.74) is 21.4. The molecule has 23 rings (SSSR count). The van der Waals surface area contributed by atoms with Crippen molar-refractivity contribution in [3.63, 3.8) is 0 Å². The second-order valence-electron chi connectivity index (χ2n) is 36.2. The van der Waals surface area contributed by atoms with Gasteiger partial charge in [-0.3, -0.25) is 56.6 Å². The first-order chi connectivity index (χ1) is 62.7. The first-order valence-corrected chi connectivity index (χ1v) is 46.9. The van der Waals surface area contributed by atoms with Gasteiger partial charge in [-0.05, 0) is 256 Å². The van der Waals surface area contributed by atoms with E-state index in [4.69, 9.17) is 19.9 Å². The maximum absolute atomic E-state index is 13.1. The van der Waals surface area contributed by atoms with Crippen LogP contribution >= 0.6 is 11.3 Å². The lowest BCUT2D eigenvalue weighted by atomic mass is 9.91. The molecule has 15 aromatic heterocycles. The molecule has 129 heavy (non-hydrogen) atoms. The number of anilines is 3. The maximum Gasteiger partial charge on any atom is 0.258 e. The van der Waals surface area contributed by atoms with Gasteiger partial charge in [-0.1, -0.05) is 18.6 Å². The molecule has 7 aliphatic rings. The minimum atomic E-state index is -0.0951. The van der Waals surface area contributed by atoms with E-state index in [0.717, 1.165) is 180 Å². The number of hydrogen-bond acceptors (Lipinski definition) is 24. The number of rotatable bonds is 11. The van der Waals surface area contributed by atoms with Gasteiger partial charge in [-0.2, -0.15) is 15.3 Å². The fourth-order valence-corrected chi connectivity index (χ4v) is 21.3. The van der Waals surface area contributed by atoms with Gasteiger partial charge < -0.3 is 34.7 Å². The van der Waals surface area contributed by atoms with Crippen molar-refractivity contribution in [1.29, 1.82) is 0 Å². The molecule has 0 spiro atoms. The monoisotopic (exact) mass is 1750 g/mol. The topological polar surface area (TPSA) is 276 Å². The second kappa shape index (κ2) is 36.3. The van der Waals surface area contributed by atoms with Crippen LogP contribution in [0.2, 0.25) is 0 Å². The molecule has 0 saturated carbocycles. The van der Waals surface area contributed by atoms with Crippen LogP contribution < -0.4 is 42.3 Å². The van der Waals surface area contributed by atoms with E-state index in [0.29, 0.717) is 86.5 Å². The minimum Gasteiger partial charge on any atom is -0.370 e. The number of likely N-dealkylation sites (N-methyl/N-ethyl adjacent to an activating group) is 1. The summed E-state index contributed by atoms with van der Waals surface area (Å²) in [7, 11) is 2.20. The predicted molar refractivity (Wildman–Crippen MR) is 509 cm³/mol. The van der Waals surface area contributed by atoms with E-state index in [1.807, 2.05) is 160 Å². The smallest absolute Gasteiger partial charge is 0.258 e. The number of likely N-dealkylation sites (tertiary alicyclic amines) is 2. The third kappa shape index (κ3) is 18.0. The molecule has 7 aliphatic heterocycles. The summed E-state index contributed by atoms with van der Waals surface area (Å²) in [4.78, 5) is 107. The first-order valence-electron chi connectivity index (χ1n) is 46.1. The lowest BCUT2D eigenvalue weighted by molar-refractivity contribution is 0.0982. The Morgan fingerprint density at radius 3 is 1.11 bits per heavy atom. The number of piperidine rings is 5. The number of nitrogens with zero attached hydrogens (tertiary/aromatic N) is 25. The van der Waals surface area contributed by atoms with E-state index in [1.165, 1.54) is 103 Å². The Kier molecular flexibility index (Phi) is 23.8. The number of aryl methyl sites for hydroxylation is 7. The number of pyridine rings is 4. The molecule has 0 amide bonds. The fourth-order valence-electron chi connectivity index (χ4n) is 20.4. The van der Waals surface area contributed by atoms with Gasteiger partial charge in [0.2, 0.25) is 0 Å². The lowest BCUT2D eigenvalue weighted by Gasteiger charge is -2.42. The number of fused-ring (bicyclic) bond motifs is 8. The molecule has 1 aromatic carbocycles. The van der Waals surface area contributed by atoms with Crippen LogP contribution in [0.3, 0.4) is 0 Å². The average Bonchev–Trinajstić information content (AvgIpc) is 1.38. The van der Waals surface area contributed by atoms with Crippen LogP contribution in [0, 0.1) is 48.5 Å². The molecule has 30 nitrogen and oxygen atoms in total. The molecule has 0 radical (unpaired) electrons. The van der Waals surface area contributed by atoms with Crippen molar-refractivity contribution >= 4 is 77.8 Å². The molecule has 1 N–H and O–H groups in total. The van der Waals surface area contributed by atoms with Crippen LogP contribution in [0.25, 0.3) is 94.8 Å². The van der Waals surface area contributed by atoms with E-state index in [1.54, 1.807) is 53.2 Å². The zero-order valence-corrected chi connectivity index (χ0v) is 75.8. The van der Waals surface area contributed by atoms with Crippen LogP contribution in [-0.4, -0.2) is 236 Å². The van der Waals surface area contributed by atoms with E-state index in [2.05, 4.69) is 112 Å². The van der Waals surface area contributed by atoms with Crippen molar-refractivity contribution in [3.05, 3.63) is 239 Å². The molecule has 0 atom stereocenters. The van der Waals surface area contributed by atoms with Gasteiger partial charge in [0.05, 0.1) is 124 Å². The third-order valence-electron chi connectivity index (χ3n) is 27.4. The van der Waals surface area contributed by atoms with Crippen LogP contribution in [0.1, 0.15) is 134 Å². The Morgan fingerprint density at radius 2 is 0.698 bits per heavy atom. The normalized spacial score (nSPS) is 17.8. The zero-order chi connectivity index (χ0) is 88.2. The Bertz CT molecular complexity index is 7140. The van der Waals surface area contributed by atoms with Gasteiger partial charge in [-0.25, -0.2) is 38.5 Å². The van der Waals surface area contributed by atoms with E-state index >= 15 is 0 Å². The fraction of sp³-hybridized carbons (Fsp3) is 0.418. The highest BCUT2D eigenvalue weighted by atomic mass is 32.1. The molecule has 31 heteroatoms. The maximum atomic E-state index is 13.1. The molecule has 0 unspecified atom stereocenters.